The molecule has 0 saturated carbocycles. The predicted molar refractivity (Wildman–Crippen MR) is 78.0 cm³/mol. The Labute approximate surface area is 120 Å². The van der Waals surface area contributed by atoms with Crippen LogP contribution in [0, 0.1) is 0 Å². The maximum Gasteiger partial charge on any atom is 0.125 e. The third-order valence-corrected chi connectivity index (χ3v) is 4.44. The molecule has 19 heavy (non-hydrogen) atoms. The summed E-state index contributed by atoms with van der Waals surface area (Å²) in [5, 5.41) is 0.752. The van der Waals surface area contributed by atoms with Crippen LogP contribution < -0.4 is 10.5 Å². The van der Waals surface area contributed by atoms with Crippen LogP contribution in [-0.4, -0.2) is 25.4 Å². The highest BCUT2D eigenvalue weighted by Gasteiger charge is 2.31. The Morgan fingerprint density at radius 2 is 2.26 bits per heavy atom. The fraction of sp³-hybridized carbons (Fsp3) is 0.600. The molecule has 0 bridgehead atoms. The molecule has 0 saturated heterocycles. The van der Waals surface area contributed by atoms with Crippen molar-refractivity contribution in [2.75, 3.05) is 13.7 Å². The zero-order valence-corrected chi connectivity index (χ0v) is 12.6. The first-order valence-electron chi connectivity index (χ1n) is 6.75. The highest BCUT2D eigenvalue weighted by Crippen LogP contribution is 2.34. The second kappa shape index (κ2) is 5.70. The molecule has 2 unspecified atom stereocenters. The molecule has 3 nitrogen and oxygen atoms in total. The molecule has 1 aromatic rings. The zero-order chi connectivity index (χ0) is 14.0. The lowest BCUT2D eigenvalue weighted by atomic mass is 9.88. The van der Waals surface area contributed by atoms with E-state index < -0.39 is 0 Å². The van der Waals surface area contributed by atoms with E-state index in [1.165, 1.54) is 5.56 Å². The quantitative estimate of drug-likeness (QED) is 0.904. The first kappa shape index (κ1) is 14.6. The van der Waals surface area contributed by atoms with Crippen LogP contribution in [0.25, 0.3) is 0 Å². The van der Waals surface area contributed by atoms with E-state index in [-0.39, 0.29) is 11.6 Å². The second-order valence-corrected chi connectivity index (χ2v) is 5.77. The van der Waals surface area contributed by atoms with Gasteiger partial charge in [0.1, 0.15) is 5.75 Å². The summed E-state index contributed by atoms with van der Waals surface area (Å²) >= 11 is 6.17. The van der Waals surface area contributed by atoms with E-state index >= 15 is 0 Å². The van der Waals surface area contributed by atoms with Crippen molar-refractivity contribution in [3.05, 3.63) is 28.3 Å². The van der Waals surface area contributed by atoms with Gasteiger partial charge in [0.05, 0.1) is 12.2 Å². The van der Waals surface area contributed by atoms with Gasteiger partial charge in [-0.1, -0.05) is 18.5 Å². The number of methoxy groups -OCH3 is 1. The highest BCUT2D eigenvalue weighted by molar-refractivity contribution is 6.30. The Hall–Kier alpha value is -0.770. The van der Waals surface area contributed by atoms with Crippen molar-refractivity contribution < 1.29 is 9.47 Å². The minimum Gasteiger partial charge on any atom is -0.493 e. The van der Waals surface area contributed by atoms with Crippen molar-refractivity contribution in [3.8, 4) is 5.75 Å². The van der Waals surface area contributed by atoms with Gasteiger partial charge in [0.25, 0.3) is 0 Å². The highest BCUT2D eigenvalue weighted by atomic mass is 35.5. The van der Waals surface area contributed by atoms with E-state index in [9.17, 15) is 0 Å². The van der Waals surface area contributed by atoms with Crippen molar-refractivity contribution in [3.63, 3.8) is 0 Å². The number of hydrogen-bond donors (Lipinski definition) is 1. The molecule has 1 heterocycles. The number of halogens is 1. The summed E-state index contributed by atoms with van der Waals surface area (Å²) in [4.78, 5) is 0. The molecule has 0 fully saturated rings. The van der Waals surface area contributed by atoms with Crippen molar-refractivity contribution in [2.24, 2.45) is 5.73 Å². The molecule has 4 heteroatoms. The van der Waals surface area contributed by atoms with Gasteiger partial charge in [0.15, 0.2) is 0 Å². The molecule has 106 valence electrons. The summed E-state index contributed by atoms with van der Waals surface area (Å²) in [5.74, 6) is 0.967. The van der Waals surface area contributed by atoms with E-state index in [0.717, 1.165) is 35.8 Å². The van der Waals surface area contributed by atoms with Crippen molar-refractivity contribution in [2.45, 2.75) is 44.8 Å². The van der Waals surface area contributed by atoms with E-state index in [2.05, 4.69) is 6.92 Å². The Kier molecular flexibility index (Phi) is 4.39. The molecule has 0 aromatic heterocycles. The van der Waals surface area contributed by atoms with Crippen LogP contribution in [-0.2, 0) is 17.6 Å². The summed E-state index contributed by atoms with van der Waals surface area (Å²) in [6, 6.07) is 3.85. The number of benzene rings is 1. The van der Waals surface area contributed by atoms with Gasteiger partial charge in [0, 0.05) is 24.6 Å². The normalized spacial score (nSPS) is 18.6. The average Bonchev–Trinajstić information content (AvgIpc) is 2.85. The molecule has 1 aliphatic heterocycles. The molecule has 2 N–H and O–H groups in total. The number of hydrogen-bond acceptors (Lipinski definition) is 3. The van der Waals surface area contributed by atoms with Crippen LogP contribution in [0.4, 0.5) is 0 Å². The Bertz CT molecular complexity index is 458. The van der Waals surface area contributed by atoms with Crippen LogP contribution in [0.1, 0.15) is 31.4 Å². The summed E-state index contributed by atoms with van der Waals surface area (Å²) in [5.41, 5.74) is 8.27. The van der Waals surface area contributed by atoms with Crippen LogP contribution >= 0.6 is 11.6 Å². The summed E-state index contributed by atoms with van der Waals surface area (Å²) < 4.78 is 11.3. The summed E-state index contributed by atoms with van der Waals surface area (Å²) in [6.45, 7) is 4.86. The lowest BCUT2D eigenvalue weighted by Crippen LogP contribution is -2.48. The van der Waals surface area contributed by atoms with Crippen LogP contribution in [0.15, 0.2) is 12.1 Å². The lowest BCUT2D eigenvalue weighted by Gasteiger charge is -2.33. The maximum atomic E-state index is 6.33. The monoisotopic (exact) mass is 283 g/mol. The fourth-order valence-electron chi connectivity index (χ4n) is 2.51. The second-order valence-electron chi connectivity index (χ2n) is 5.33. The molecule has 0 aliphatic carbocycles. The molecule has 2 rings (SSSR count). The van der Waals surface area contributed by atoms with E-state index in [4.69, 9.17) is 26.8 Å². The molecule has 0 spiro atoms. The first-order chi connectivity index (χ1) is 9.00. The lowest BCUT2D eigenvalue weighted by molar-refractivity contribution is -0.0185. The Morgan fingerprint density at radius 1 is 1.53 bits per heavy atom. The molecule has 1 aromatic carbocycles. The summed E-state index contributed by atoms with van der Waals surface area (Å²) in [6.07, 6.45) is 2.50. The van der Waals surface area contributed by atoms with Gasteiger partial charge in [-0.3, -0.25) is 0 Å². The SMILES string of the molecule is CCC(C)(OC)C(N)Cc1cc(Cl)cc2c1OCC2. The topological polar surface area (TPSA) is 44.5 Å². The minimum atomic E-state index is -0.326. The molecule has 1 aliphatic rings. The first-order valence-corrected chi connectivity index (χ1v) is 7.12. The zero-order valence-electron chi connectivity index (χ0n) is 11.8. The largest absolute Gasteiger partial charge is 0.493 e. The standard InChI is InChI=1S/C15H22ClNO2/c1-4-15(2,18-3)13(17)9-11-8-12(16)7-10-5-6-19-14(10)11/h7-8,13H,4-6,9,17H2,1-3H3. The smallest absolute Gasteiger partial charge is 0.125 e. The Morgan fingerprint density at radius 3 is 2.89 bits per heavy atom. The third-order valence-electron chi connectivity index (χ3n) is 4.22. The predicted octanol–water partition coefficient (Wildman–Crippen LogP) is 2.96. The minimum absolute atomic E-state index is 0.0886. The van der Waals surface area contributed by atoms with Gasteiger partial charge < -0.3 is 15.2 Å². The van der Waals surface area contributed by atoms with Crippen molar-refractivity contribution in [1.82, 2.24) is 0 Å². The van der Waals surface area contributed by atoms with Gasteiger partial charge in [0.2, 0.25) is 0 Å². The van der Waals surface area contributed by atoms with Crippen LogP contribution in [0.5, 0.6) is 5.75 Å². The van der Waals surface area contributed by atoms with Crippen molar-refractivity contribution in [1.29, 1.82) is 0 Å². The number of nitrogens with two attached hydrogens (primary N) is 1. The summed E-state index contributed by atoms with van der Waals surface area (Å²) in [7, 11) is 1.71. The van der Waals surface area contributed by atoms with Gasteiger partial charge in [-0.25, -0.2) is 0 Å². The number of ether oxygens (including phenoxy) is 2. The fourth-order valence-corrected chi connectivity index (χ4v) is 2.77. The van der Waals surface area contributed by atoms with E-state index in [0.29, 0.717) is 6.42 Å². The van der Waals surface area contributed by atoms with Gasteiger partial charge >= 0.3 is 0 Å². The maximum absolute atomic E-state index is 6.33. The van der Waals surface area contributed by atoms with Gasteiger partial charge in [-0.2, -0.15) is 0 Å². The molecule has 0 amide bonds. The van der Waals surface area contributed by atoms with Crippen LogP contribution in [0.3, 0.4) is 0 Å². The molecular weight excluding hydrogens is 262 g/mol. The number of rotatable bonds is 5. The average molecular weight is 284 g/mol. The van der Waals surface area contributed by atoms with Gasteiger partial charge in [-0.15, -0.1) is 0 Å². The number of fused-ring (bicyclic) bond motifs is 1. The third kappa shape index (κ3) is 2.88. The van der Waals surface area contributed by atoms with Gasteiger partial charge in [-0.05, 0) is 43.0 Å². The molecular formula is C15H22ClNO2. The van der Waals surface area contributed by atoms with E-state index in [1.54, 1.807) is 7.11 Å². The van der Waals surface area contributed by atoms with Crippen molar-refractivity contribution >= 4 is 11.6 Å². The molecule has 0 radical (unpaired) electrons. The van der Waals surface area contributed by atoms with E-state index in [1.807, 2.05) is 19.1 Å². The Balaban J connectivity index is 2.24. The van der Waals surface area contributed by atoms with Crippen LogP contribution in [0.2, 0.25) is 5.02 Å². The molecule has 2 atom stereocenters.